The monoisotopic (exact) mass is 267 g/mol. The Hall–Kier alpha value is -0.450. The fourth-order valence-electron chi connectivity index (χ4n) is 2.72. The van der Waals surface area contributed by atoms with Gasteiger partial charge in [0.15, 0.2) is 0 Å². The minimum atomic E-state index is 0.106. The molecule has 102 valence electrons. The second kappa shape index (κ2) is 6.13. The van der Waals surface area contributed by atoms with Crippen molar-refractivity contribution in [2.75, 3.05) is 13.6 Å². The van der Waals surface area contributed by atoms with Crippen LogP contribution in [0.2, 0.25) is 0 Å². The first-order valence-corrected chi connectivity index (χ1v) is 7.83. The van der Waals surface area contributed by atoms with E-state index in [-0.39, 0.29) is 5.54 Å². The molecule has 0 aromatic carbocycles. The van der Waals surface area contributed by atoms with Crippen LogP contribution in [-0.4, -0.2) is 29.0 Å². The van der Waals surface area contributed by atoms with Crippen LogP contribution in [0, 0.1) is 6.92 Å². The lowest BCUT2D eigenvalue weighted by molar-refractivity contribution is 0.227. The van der Waals surface area contributed by atoms with E-state index in [1.807, 2.05) is 5.51 Å². The summed E-state index contributed by atoms with van der Waals surface area (Å²) in [6.07, 6.45) is 7.54. The second-order valence-corrected chi connectivity index (χ2v) is 6.71. The minimum absolute atomic E-state index is 0.106. The van der Waals surface area contributed by atoms with Crippen molar-refractivity contribution in [3.63, 3.8) is 0 Å². The number of thiazole rings is 1. The van der Waals surface area contributed by atoms with Gasteiger partial charge in [-0.2, -0.15) is 0 Å². The molecule has 1 fully saturated rings. The summed E-state index contributed by atoms with van der Waals surface area (Å²) >= 11 is 1.75. The van der Waals surface area contributed by atoms with Crippen molar-refractivity contribution in [3.05, 3.63) is 16.1 Å². The highest BCUT2D eigenvalue weighted by atomic mass is 32.1. The van der Waals surface area contributed by atoms with Crippen LogP contribution < -0.4 is 5.73 Å². The third-order valence-corrected chi connectivity index (χ3v) is 5.02. The number of nitrogens with two attached hydrogens (primary N) is 1. The maximum Gasteiger partial charge on any atom is 0.0798 e. The van der Waals surface area contributed by atoms with Crippen molar-refractivity contribution >= 4 is 11.3 Å². The predicted octanol–water partition coefficient (Wildman–Crippen LogP) is 2.94. The Morgan fingerprint density at radius 1 is 1.39 bits per heavy atom. The zero-order valence-electron chi connectivity index (χ0n) is 11.6. The summed E-state index contributed by atoms with van der Waals surface area (Å²) in [5.74, 6) is 0. The van der Waals surface area contributed by atoms with Crippen LogP contribution in [0.5, 0.6) is 0 Å². The molecule has 0 spiro atoms. The summed E-state index contributed by atoms with van der Waals surface area (Å²) in [5.41, 5.74) is 9.69. The van der Waals surface area contributed by atoms with Crippen LogP contribution in [0.15, 0.2) is 5.51 Å². The standard InChI is InChI=1S/C14H25N3S/c1-12-13(18-11-16-12)10-17(2)9-8-14(15)6-4-3-5-7-14/h11H,3-10,15H2,1-2H3. The van der Waals surface area contributed by atoms with Gasteiger partial charge in [-0.1, -0.05) is 19.3 Å². The molecule has 1 saturated carbocycles. The largest absolute Gasteiger partial charge is 0.325 e. The van der Waals surface area contributed by atoms with E-state index < -0.39 is 0 Å². The summed E-state index contributed by atoms with van der Waals surface area (Å²) in [7, 11) is 2.19. The number of hydrogen-bond acceptors (Lipinski definition) is 4. The van der Waals surface area contributed by atoms with E-state index >= 15 is 0 Å². The van der Waals surface area contributed by atoms with Gasteiger partial charge >= 0.3 is 0 Å². The van der Waals surface area contributed by atoms with Gasteiger partial charge in [0.05, 0.1) is 11.2 Å². The Bertz CT molecular complexity index is 369. The molecular weight excluding hydrogens is 242 g/mol. The molecule has 0 bridgehead atoms. The lowest BCUT2D eigenvalue weighted by Gasteiger charge is -2.34. The molecule has 1 heterocycles. The maximum absolute atomic E-state index is 6.47. The molecule has 0 amide bonds. The quantitative estimate of drug-likeness (QED) is 0.892. The van der Waals surface area contributed by atoms with Crippen LogP contribution >= 0.6 is 11.3 Å². The molecule has 1 aromatic heterocycles. The van der Waals surface area contributed by atoms with Crippen molar-refractivity contribution in [1.82, 2.24) is 9.88 Å². The first-order chi connectivity index (χ1) is 8.59. The number of aromatic nitrogens is 1. The van der Waals surface area contributed by atoms with Gasteiger partial charge in [0, 0.05) is 17.0 Å². The molecule has 2 rings (SSSR count). The van der Waals surface area contributed by atoms with E-state index in [0.29, 0.717) is 0 Å². The van der Waals surface area contributed by atoms with E-state index in [1.54, 1.807) is 11.3 Å². The van der Waals surface area contributed by atoms with Crippen LogP contribution in [0.25, 0.3) is 0 Å². The van der Waals surface area contributed by atoms with Crippen molar-refractivity contribution in [2.24, 2.45) is 5.73 Å². The highest BCUT2D eigenvalue weighted by molar-refractivity contribution is 7.09. The smallest absolute Gasteiger partial charge is 0.0798 e. The van der Waals surface area contributed by atoms with Gasteiger partial charge in [-0.25, -0.2) is 4.98 Å². The molecule has 0 aliphatic heterocycles. The fourth-order valence-corrected chi connectivity index (χ4v) is 3.58. The Kier molecular flexibility index (Phi) is 4.76. The average molecular weight is 267 g/mol. The van der Waals surface area contributed by atoms with Gasteiger partial charge in [0.2, 0.25) is 0 Å². The Labute approximate surface area is 114 Å². The van der Waals surface area contributed by atoms with E-state index in [0.717, 1.165) is 19.5 Å². The Balaban J connectivity index is 1.77. The molecule has 1 aliphatic carbocycles. The van der Waals surface area contributed by atoms with Gasteiger partial charge in [0.25, 0.3) is 0 Å². The lowest BCUT2D eigenvalue weighted by atomic mass is 9.80. The molecule has 2 N–H and O–H groups in total. The zero-order chi connectivity index (χ0) is 13.0. The number of rotatable bonds is 5. The number of aryl methyl sites for hydroxylation is 1. The third-order valence-electron chi connectivity index (χ3n) is 4.10. The van der Waals surface area contributed by atoms with Gasteiger partial charge < -0.3 is 10.6 Å². The summed E-state index contributed by atoms with van der Waals surface area (Å²) in [6, 6.07) is 0. The molecule has 4 heteroatoms. The van der Waals surface area contributed by atoms with E-state index in [9.17, 15) is 0 Å². The molecule has 1 aliphatic rings. The number of nitrogens with zero attached hydrogens (tertiary/aromatic N) is 2. The average Bonchev–Trinajstić information content (AvgIpc) is 2.74. The molecule has 0 atom stereocenters. The first-order valence-electron chi connectivity index (χ1n) is 6.95. The Morgan fingerprint density at radius 2 is 2.11 bits per heavy atom. The summed E-state index contributed by atoms with van der Waals surface area (Å²) in [4.78, 5) is 8.06. The van der Waals surface area contributed by atoms with Crippen LogP contribution in [-0.2, 0) is 6.54 Å². The lowest BCUT2D eigenvalue weighted by Crippen LogP contribution is -2.44. The van der Waals surface area contributed by atoms with Crippen LogP contribution in [0.4, 0.5) is 0 Å². The molecular formula is C14H25N3S. The second-order valence-electron chi connectivity index (χ2n) is 5.77. The van der Waals surface area contributed by atoms with E-state index in [1.165, 1.54) is 42.7 Å². The Morgan fingerprint density at radius 3 is 2.72 bits per heavy atom. The fraction of sp³-hybridized carbons (Fsp3) is 0.786. The van der Waals surface area contributed by atoms with Crippen molar-refractivity contribution in [1.29, 1.82) is 0 Å². The third kappa shape index (κ3) is 3.77. The molecule has 0 saturated heterocycles. The van der Waals surface area contributed by atoms with E-state index in [2.05, 4.69) is 23.9 Å². The van der Waals surface area contributed by atoms with Gasteiger partial charge in [0.1, 0.15) is 0 Å². The minimum Gasteiger partial charge on any atom is -0.325 e. The SMILES string of the molecule is Cc1ncsc1CN(C)CCC1(N)CCCCC1. The summed E-state index contributed by atoms with van der Waals surface area (Å²) in [6.45, 7) is 4.19. The summed E-state index contributed by atoms with van der Waals surface area (Å²) < 4.78 is 0. The normalized spacial score (nSPS) is 19.3. The molecule has 1 aromatic rings. The highest BCUT2D eigenvalue weighted by Crippen LogP contribution is 2.28. The summed E-state index contributed by atoms with van der Waals surface area (Å²) in [5, 5.41) is 0. The molecule has 18 heavy (non-hydrogen) atoms. The van der Waals surface area contributed by atoms with Crippen molar-refractivity contribution in [3.8, 4) is 0 Å². The highest BCUT2D eigenvalue weighted by Gasteiger charge is 2.27. The molecule has 0 unspecified atom stereocenters. The zero-order valence-corrected chi connectivity index (χ0v) is 12.4. The van der Waals surface area contributed by atoms with Gasteiger partial charge in [-0.3, -0.25) is 0 Å². The predicted molar refractivity (Wildman–Crippen MR) is 77.8 cm³/mol. The molecule has 0 radical (unpaired) electrons. The van der Waals surface area contributed by atoms with Crippen molar-refractivity contribution in [2.45, 2.75) is 57.5 Å². The van der Waals surface area contributed by atoms with Crippen molar-refractivity contribution < 1.29 is 0 Å². The maximum atomic E-state index is 6.47. The number of hydrogen-bond donors (Lipinski definition) is 1. The van der Waals surface area contributed by atoms with E-state index in [4.69, 9.17) is 5.73 Å². The first kappa shape index (κ1) is 14.0. The van der Waals surface area contributed by atoms with Gasteiger partial charge in [-0.05, 0) is 39.8 Å². The topological polar surface area (TPSA) is 42.2 Å². The van der Waals surface area contributed by atoms with Gasteiger partial charge in [-0.15, -0.1) is 11.3 Å². The van der Waals surface area contributed by atoms with Crippen LogP contribution in [0.3, 0.4) is 0 Å². The molecule has 3 nitrogen and oxygen atoms in total. The van der Waals surface area contributed by atoms with Crippen LogP contribution in [0.1, 0.15) is 49.1 Å².